The normalized spacial score (nSPS) is 17.2. The largest absolute Gasteiger partial charge is 0.507 e. The van der Waals surface area contributed by atoms with Gasteiger partial charge in [-0.25, -0.2) is 4.98 Å². The summed E-state index contributed by atoms with van der Waals surface area (Å²) in [6, 6.07) is 13.1. The molecule has 0 bridgehead atoms. The number of carbonyl (C=O) groups excluding carboxylic acids is 2. The van der Waals surface area contributed by atoms with Crippen LogP contribution in [0.2, 0.25) is 5.02 Å². The van der Waals surface area contributed by atoms with Crippen LogP contribution < -0.4 is 9.64 Å². The number of hydrogen-bond donors (Lipinski definition) is 1. The van der Waals surface area contributed by atoms with Gasteiger partial charge in [-0.15, -0.1) is 0 Å². The van der Waals surface area contributed by atoms with Crippen LogP contribution in [-0.4, -0.2) is 32.9 Å². The van der Waals surface area contributed by atoms with E-state index in [0.29, 0.717) is 32.7 Å². The quantitative estimate of drug-likeness (QED) is 0.182. The predicted molar refractivity (Wildman–Crippen MR) is 145 cm³/mol. The molecule has 2 aromatic carbocycles. The van der Waals surface area contributed by atoms with Crippen molar-refractivity contribution >= 4 is 55.7 Å². The topological polar surface area (TPSA) is 92.6 Å². The minimum absolute atomic E-state index is 0.0138. The SMILES string of the molecule is Cc1cc2sc(N3C(=O)C(=O)/C(=C(/O)c4ccc(OC(C)C)c(C)c4)C3c3ccccn3)nc2cc1Cl. The lowest BCUT2D eigenvalue weighted by Crippen LogP contribution is -2.29. The van der Waals surface area contributed by atoms with Gasteiger partial charge in [-0.1, -0.05) is 29.0 Å². The molecule has 0 spiro atoms. The van der Waals surface area contributed by atoms with Gasteiger partial charge in [-0.05, 0) is 81.3 Å². The third kappa shape index (κ3) is 4.47. The minimum atomic E-state index is -0.953. The van der Waals surface area contributed by atoms with E-state index in [-0.39, 0.29) is 17.4 Å². The number of nitrogens with zero attached hydrogens (tertiary/aromatic N) is 3. The molecule has 5 rings (SSSR count). The van der Waals surface area contributed by atoms with Gasteiger partial charge in [0.2, 0.25) is 0 Å². The molecule has 3 heterocycles. The molecular weight excluding hydrogens is 510 g/mol. The Morgan fingerprint density at radius 3 is 2.57 bits per heavy atom. The Kier molecular flexibility index (Phi) is 6.47. The second kappa shape index (κ2) is 9.61. The molecular formula is C28H24ClN3O4S. The van der Waals surface area contributed by atoms with Gasteiger partial charge in [0, 0.05) is 16.8 Å². The van der Waals surface area contributed by atoms with Crippen molar-refractivity contribution in [2.24, 2.45) is 0 Å². The molecule has 4 aromatic rings. The van der Waals surface area contributed by atoms with Gasteiger partial charge in [0.1, 0.15) is 17.6 Å². The summed E-state index contributed by atoms with van der Waals surface area (Å²) in [5.41, 5.74) is 3.09. The third-order valence-corrected chi connectivity index (χ3v) is 7.51. The number of amides is 1. The van der Waals surface area contributed by atoms with Crippen molar-refractivity contribution in [2.75, 3.05) is 4.90 Å². The van der Waals surface area contributed by atoms with Crippen molar-refractivity contribution in [3.63, 3.8) is 0 Å². The van der Waals surface area contributed by atoms with E-state index in [1.165, 1.54) is 16.2 Å². The van der Waals surface area contributed by atoms with E-state index < -0.39 is 17.7 Å². The summed E-state index contributed by atoms with van der Waals surface area (Å²) in [7, 11) is 0. The number of halogens is 1. The van der Waals surface area contributed by atoms with Gasteiger partial charge in [-0.2, -0.15) is 0 Å². The smallest absolute Gasteiger partial charge is 0.301 e. The molecule has 1 atom stereocenters. The molecule has 1 N–H and O–H groups in total. The third-order valence-electron chi connectivity index (χ3n) is 6.09. The maximum absolute atomic E-state index is 13.4. The van der Waals surface area contributed by atoms with E-state index in [0.717, 1.165) is 15.8 Å². The highest BCUT2D eigenvalue weighted by Crippen LogP contribution is 2.44. The predicted octanol–water partition coefficient (Wildman–Crippen LogP) is 6.38. The van der Waals surface area contributed by atoms with Crippen molar-refractivity contribution in [3.05, 3.63) is 87.7 Å². The molecule has 1 unspecified atom stereocenters. The average molecular weight is 534 g/mol. The molecule has 1 saturated heterocycles. The number of aromatic nitrogens is 2. The van der Waals surface area contributed by atoms with Crippen LogP contribution in [-0.2, 0) is 9.59 Å². The summed E-state index contributed by atoms with van der Waals surface area (Å²) < 4.78 is 6.63. The summed E-state index contributed by atoms with van der Waals surface area (Å²) >= 11 is 7.56. The van der Waals surface area contributed by atoms with Crippen molar-refractivity contribution in [1.29, 1.82) is 0 Å². The zero-order valence-corrected chi connectivity index (χ0v) is 22.2. The number of thiazole rings is 1. The van der Waals surface area contributed by atoms with E-state index in [4.69, 9.17) is 16.3 Å². The van der Waals surface area contributed by atoms with Gasteiger partial charge < -0.3 is 9.84 Å². The van der Waals surface area contributed by atoms with Crippen LogP contribution in [0.4, 0.5) is 5.13 Å². The number of aliphatic hydroxyl groups is 1. The first-order valence-corrected chi connectivity index (χ1v) is 12.9. The number of carbonyl (C=O) groups is 2. The molecule has 9 heteroatoms. The van der Waals surface area contributed by atoms with Crippen molar-refractivity contribution in [3.8, 4) is 5.75 Å². The fraction of sp³-hybridized carbons (Fsp3) is 0.214. The van der Waals surface area contributed by atoms with Crippen molar-refractivity contribution in [1.82, 2.24) is 9.97 Å². The number of rotatable bonds is 5. The van der Waals surface area contributed by atoms with E-state index in [1.807, 2.05) is 33.8 Å². The zero-order valence-electron chi connectivity index (χ0n) is 20.7. The van der Waals surface area contributed by atoms with E-state index >= 15 is 0 Å². The second-order valence-corrected chi connectivity index (χ2v) is 10.6. The molecule has 1 fully saturated rings. The summed E-state index contributed by atoms with van der Waals surface area (Å²) in [6.07, 6.45) is 1.57. The molecule has 37 heavy (non-hydrogen) atoms. The first-order valence-electron chi connectivity index (χ1n) is 11.7. The van der Waals surface area contributed by atoms with Crippen LogP contribution in [0, 0.1) is 13.8 Å². The van der Waals surface area contributed by atoms with Gasteiger partial charge >= 0.3 is 5.91 Å². The number of aryl methyl sites for hydroxylation is 2. The van der Waals surface area contributed by atoms with Crippen LogP contribution in [0.25, 0.3) is 16.0 Å². The number of Topliss-reactive ketones (excluding diaryl/α,β-unsaturated/α-hetero) is 1. The van der Waals surface area contributed by atoms with Gasteiger partial charge in [0.25, 0.3) is 5.78 Å². The van der Waals surface area contributed by atoms with Crippen LogP contribution in [0.3, 0.4) is 0 Å². The maximum Gasteiger partial charge on any atom is 0.301 e. The Labute approximate surface area is 223 Å². The summed E-state index contributed by atoms with van der Waals surface area (Å²) in [4.78, 5) is 37.2. The van der Waals surface area contributed by atoms with Crippen LogP contribution in [0.5, 0.6) is 5.75 Å². The van der Waals surface area contributed by atoms with Crippen molar-refractivity contribution < 1.29 is 19.4 Å². The molecule has 2 aromatic heterocycles. The number of ketones is 1. The molecule has 7 nitrogen and oxygen atoms in total. The highest BCUT2D eigenvalue weighted by molar-refractivity contribution is 7.22. The minimum Gasteiger partial charge on any atom is -0.507 e. The summed E-state index contributed by atoms with van der Waals surface area (Å²) in [5.74, 6) is -1.19. The van der Waals surface area contributed by atoms with Crippen molar-refractivity contribution in [2.45, 2.75) is 39.8 Å². The lowest BCUT2D eigenvalue weighted by Gasteiger charge is -2.22. The molecule has 0 saturated carbocycles. The Morgan fingerprint density at radius 2 is 1.89 bits per heavy atom. The van der Waals surface area contributed by atoms with Gasteiger partial charge in [-0.3, -0.25) is 19.5 Å². The number of benzene rings is 2. The molecule has 188 valence electrons. The Morgan fingerprint density at radius 1 is 1.11 bits per heavy atom. The van der Waals surface area contributed by atoms with E-state index in [9.17, 15) is 14.7 Å². The fourth-order valence-corrected chi connectivity index (χ4v) is 5.56. The summed E-state index contributed by atoms with van der Waals surface area (Å²) in [5, 5.41) is 12.3. The summed E-state index contributed by atoms with van der Waals surface area (Å²) in [6.45, 7) is 7.61. The van der Waals surface area contributed by atoms with Gasteiger partial charge in [0.05, 0.1) is 27.6 Å². The van der Waals surface area contributed by atoms with E-state index in [2.05, 4.69) is 9.97 Å². The van der Waals surface area contributed by atoms with E-state index in [1.54, 1.807) is 48.7 Å². The number of ether oxygens (including phenoxy) is 1. The lowest BCUT2D eigenvalue weighted by molar-refractivity contribution is -0.132. The average Bonchev–Trinajstić information content (AvgIpc) is 3.38. The van der Waals surface area contributed by atoms with Crippen LogP contribution >= 0.6 is 22.9 Å². The van der Waals surface area contributed by atoms with Crippen LogP contribution in [0.15, 0.2) is 60.3 Å². The number of pyridine rings is 1. The Bertz CT molecular complexity index is 1540. The fourth-order valence-electron chi connectivity index (χ4n) is 4.33. The first kappa shape index (κ1) is 24.9. The first-order chi connectivity index (χ1) is 17.7. The molecule has 1 aliphatic heterocycles. The molecule has 1 amide bonds. The maximum atomic E-state index is 13.4. The monoisotopic (exact) mass is 533 g/mol. The standard InChI is InChI=1S/C28H24ClN3O4S/c1-14(2)36-21-9-8-17(11-16(21)4)25(33)23-24(19-7-5-6-10-30-19)32(27(35)26(23)34)28-31-20-13-18(29)15(3)12-22(20)37-28/h5-14,24,33H,1-4H3/b25-23+. The second-order valence-electron chi connectivity index (χ2n) is 9.14. The highest BCUT2D eigenvalue weighted by atomic mass is 35.5. The number of anilines is 1. The molecule has 1 aliphatic rings. The number of hydrogen-bond acceptors (Lipinski definition) is 7. The number of fused-ring (bicyclic) bond motifs is 1. The Balaban J connectivity index is 1.67. The lowest BCUT2D eigenvalue weighted by atomic mass is 9.97. The number of aliphatic hydroxyl groups excluding tert-OH is 1. The van der Waals surface area contributed by atoms with Gasteiger partial charge in [0.15, 0.2) is 5.13 Å². The Hall–Kier alpha value is -3.75. The molecule has 0 aliphatic carbocycles. The molecule has 0 radical (unpaired) electrons. The van der Waals surface area contributed by atoms with Crippen LogP contribution in [0.1, 0.15) is 42.3 Å². The zero-order chi connectivity index (χ0) is 26.4. The highest BCUT2D eigenvalue weighted by Gasteiger charge is 2.48.